The van der Waals surface area contributed by atoms with Gasteiger partial charge < -0.3 is 15.4 Å². The van der Waals surface area contributed by atoms with Crippen LogP contribution < -0.4 is 10.6 Å². The Morgan fingerprint density at radius 1 is 1.39 bits per heavy atom. The Balaban J connectivity index is 2.54. The standard InChI is InChI=1S/C15H13BrFN3O3/c1-8-12(19-7-21)6-18-14(15(22)23-2)13(8)20-11-4-3-9(16)5-10(11)17/h3-7,20H,1-2H3,(H,19,21). The van der Waals surface area contributed by atoms with Crippen LogP contribution in [0.1, 0.15) is 16.1 Å². The van der Waals surface area contributed by atoms with Crippen molar-refractivity contribution < 1.29 is 18.7 Å². The fourth-order valence-corrected chi connectivity index (χ4v) is 2.27. The molecule has 0 bridgehead atoms. The summed E-state index contributed by atoms with van der Waals surface area (Å²) in [4.78, 5) is 26.5. The molecule has 23 heavy (non-hydrogen) atoms. The van der Waals surface area contributed by atoms with Gasteiger partial charge in [-0.05, 0) is 25.1 Å². The van der Waals surface area contributed by atoms with Gasteiger partial charge in [0.15, 0.2) is 5.69 Å². The van der Waals surface area contributed by atoms with Crippen molar-refractivity contribution in [1.82, 2.24) is 4.98 Å². The molecule has 0 aliphatic rings. The maximum atomic E-state index is 14.0. The highest BCUT2D eigenvalue weighted by molar-refractivity contribution is 9.10. The molecule has 0 fully saturated rings. The normalized spacial score (nSPS) is 10.1. The third-order valence-corrected chi connectivity index (χ3v) is 3.62. The number of benzene rings is 1. The molecule has 8 heteroatoms. The maximum Gasteiger partial charge on any atom is 0.358 e. The highest BCUT2D eigenvalue weighted by Crippen LogP contribution is 2.31. The van der Waals surface area contributed by atoms with E-state index in [9.17, 15) is 14.0 Å². The lowest BCUT2D eigenvalue weighted by Crippen LogP contribution is -2.12. The van der Waals surface area contributed by atoms with E-state index in [2.05, 4.69) is 36.3 Å². The van der Waals surface area contributed by atoms with Crippen LogP contribution in [0.2, 0.25) is 0 Å². The molecule has 1 aromatic heterocycles. The van der Waals surface area contributed by atoms with Crippen molar-refractivity contribution in [3.8, 4) is 0 Å². The van der Waals surface area contributed by atoms with E-state index in [0.717, 1.165) is 0 Å². The Labute approximate surface area is 140 Å². The first-order valence-corrected chi connectivity index (χ1v) is 7.27. The molecule has 0 saturated carbocycles. The van der Waals surface area contributed by atoms with Gasteiger partial charge in [0, 0.05) is 10.0 Å². The predicted molar refractivity (Wildman–Crippen MR) is 87.4 cm³/mol. The summed E-state index contributed by atoms with van der Waals surface area (Å²) in [6.45, 7) is 1.67. The van der Waals surface area contributed by atoms with Crippen LogP contribution in [0.3, 0.4) is 0 Å². The molecule has 0 aliphatic carbocycles. The molecule has 6 nitrogen and oxygen atoms in total. The quantitative estimate of drug-likeness (QED) is 0.612. The summed E-state index contributed by atoms with van der Waals surface area (Å²) in [6, 6.07) is 4.45. The number of halogens is 2. The third-order valence-electron chi connectivity index (χ3n) is 3.12. The van der Waals surface area contributed by atoms with Gasteiger partial charge in [0.25, 0.3) is 0 Å². The summed E-state index contributed by atoms with van der Waals surface area (Å²) < 4.78 is 19.3. The summed E-state index contributed by atoms with van der Waals surface area (Å²) in [5, 5.41) is 5.31. The third kappa shape index (κ3) is 3.65. The Bertz CT molecular complexity index is 768. The minimum absolute atomic E-state index is 0.0104. The van der Waals surface area contributed by atoms with Crippen molar-refractivity contribution in [1.29, 1.82) is 0 Å². The highest BCUT2D eigenvalue weighted by atomic mass is 79.9. The summed E-state index contributed by atoms with van der Waals surface area (Å²) in [7, 11) is 1.22. The number of nitrogens with zero attached hydrogens (tertiary/aromatic N) is 1. The van der Waals surface area contributed by atoms with Crippen LogP contribution in [0.5, 0.6) is 0 Å². The van der Waals surface area contributed by atoms with Gasteiger partial charge in [0.1, 0.15) is 5.82 Å². The zero-order valence-electron chi connectivity index (χ0n) is 12.3. The summed E-state index contributed by atoms with van der Waals surface area (Å²) in [5.74, 6) is -1.19. The van der Waals surface area contributed by atoms with E-state index in [-0.39, 0.29) is 17.1 Å². The van der Waals surface area contributed by atoms with E-state index in [1.165, 1.54) is 25.4 Å². The van der Waals surface area contributed by atoms with Crippen LogP contribution in [0, 0.1) is 12.7 Å². The first-order valence-electron chi connectivity index (χ1n) is 6.48. The molecular formula is C15H13BrFN3O3. The van der Waals surface area contributed by atoms with Gasteiger partial charge in [-0.3, -0.25) is 4.79 Å². The molecule has 2 aromatic rings. The Kier molecular flexibility index (Phi) is 5.28. The number of amides is 1. The molecule has 0 saturated heterocycles. The van der Waals surface area contributed by atoms with Crippen molar-refractivity contribution in [2.24, 2.45) is 0 Å². The highest BCUT2D eigenvalue weighted by Gasteiger charge is 2.19. The Hall–Kier alpha value is -2.48. The molecule has 0 unspecified atom stereocenters. The van der Waals surface area contributed by atoms with Crippen LogP contribution >= 0.6 is 15.9 Å². The van der Waals surface area contributed by atoms with Gasteiger partial charge in [-0.15, -0.1) is 0 Å². The number of ether oxygens (including phenoxy) is 1. The van der Waals surface area contributed by atoms with E-state index in [4.69, 9.17) is 0 Å². The number of nitrogens with one attached hydrogen (secondary N) is 2. The van der Waals surface area contributed by atoms with E-state index in [0.29, 0.717) is 22.1 Å². The lowest BCUT2D eigenvalue weighted by atomic mass is 10.1. The number of hydrogen-bond acceptors (Lipinski definition) is 5. The predicted octanol–water partition coefficient (Wildman–Crippen LogP) is 3.39. The van der Waals surface area contributed by atoms with E-state index >= 15 is 0 Å². The van der Waals surface area contributed by atoms with Crippen molar-refractivity contribution >= 4 is 45.4 Å². The fraction of sp³-hybridized carbons (Fsp3) is 0.133. The number of anilines is 3. The van der Waals surface area contributed by atoms with E-state index < -0.39 is 11.8 Å². The van der Waals surface area contributed by atoms with Crippen molar-refractivity contribution in [3.05, 3.63) is 45.9 Å². The molecule has 0 spiro atoms. The monoisotopic (exact) mass is 381 g/mol. The average molecular weight is 382 g/mol. The minimum Gasteiger partial charge on any atom is -0.464 e. The van der Waals surface area contributed by atoms with Crippen LogP contribution in [0.15, 0.2) is 28.9 Å². The number of carbonyl (C=O) groups excluding carboxylic acids is 2. The van der Waals surface area contributed by atoms with Crippen LogP contribution in [-0.4, -0.2) is 24.5 Å². The number of hydrogen-bond donors (Lipinski definition) is 2. The number of carbonyl (C=O) groups is 2. The van der Waals surface area contributed by atoms with Gasteiger partial charge in [-0.25, -0.2) is 14.2 Å². The summed E-state index contributed by atoms with van der Waals surface area (Å²) in [5.41, 5.74) is 1.32. The first kappa shape index (κ1) is 16.9. The molecule has 0 radical (unpaired) electrons. The van der Waals surface area contributed by atoms with Crippen molar-refractivity contribution in [2.75, 3.05) is 17.7 Å². The average Bonchev–Trinajstić information content (AvgIpc) is 2.53. The molecule has 1 aromatic carbocycles. The zero-order chi connectivity index (χ0) is 17.0. The second-order valence-corrected chi connectivity index (χ2v) is 5.44. The number of rotatable bonds is 5. The molecule has 1 heterocycles. The number of aromatic nitrogens is 1. The van der Waals surface area contributed by atoms with Gasteiger partial charge in [0.05, 0.1) is 30.4 Å². The number of esters is 1. The zero-order valence-corrected chi connectivity index (χ0v) is 13.9. The van der Waals surface area contributed by atoms with Crippen LogP contribution in [-0.2, 0) is 9.53 Å². The second-order valence-electron chi connectivity index (χ2n) is 4.52. The van der Waals surface area contributed by atoms with Crippen LogP contribution in [0.25, 0.3) is 0 Å². The van der Waals surface area contributed by atoms with Crippen molar-refractivity contribution in [2.45, 2.75) is 6.92 Å². The van der Waals surface area contributed by atoms with E-state index in [1.807, 2.05) is 0 Å². The summed E-state index contributed by atoms with van der Waals surface area (Å²) >= 11 is 3.17. The topological polar surface area (TPSA) is 80.3 Å². The van der Waals surface area contributed by atoms with Gasteiger partial charge in [-0.1, -0.05) is 15.9 Å². The molecule has 0 atom stereocenters. The van der Waals surface area contributed by atoms with E-state index in [1.54, 1.807) is 13.0 Å². The number of methoxy groups -OCH3 is 1. The molecule has 2 N–H and O–H groups in total. The lowest BCUT2D eigenvalue weighted by Gasteiger charge is -2.16. The molecule has 2 rings (SSSR count). The SMILES string of the molecule is COC(=O)c1ncc(NC=O)c(C)c1Nc1ccc(Br)cc1F. The minimum atomic E-state index is -0.675. The Morgan fingerprint density at radius 2 is 2.13 bits per heavy atom. The molecule has 0 aliphatic heterocycles. The van der Waals surface area contributed by atoms with Crippen LogP contribution in [0.4, 0.5) is 21.5 Å². The van der Waals surface area contributed by atoms with Gasteiger partial charge in [-0.2, -0.15) is 0 Å². The molecular weight excluding hydrogens is 369 g/mol. The second kappa shape index (κ2) is 7.19. The first-order chi connectivity index (χ1) is 11.0. The van der Waals surface area contributed by atoms with Gasteiger partial charge >= 0.3 is 5.97 Å². The fourth-order valence-electron chi connectivity index (χ4n) is 1.94. The van der Waals surface area contributed by atoms with Gasteiger partial charge in [0.2, 0.25) is 6.41 Å². The molecule has 1 amide bonds. The maximum absolute atomic E-state index is 14.0. The summed E-state index contributed by atoms with van der Waals surface area (Å²) in [6.07, 6.45) is 1.82. The lowest BCUT2D eigenvalue weighted by molar-refractivity contribution is -0.105. The largest absolute Gasteiger partial charge is 0.464 e. The van der Waals surface area contributed by atoms with Crippen molar-refractivity contribution in [3.63, 3.8) is 0 Å². The Morgan fingerprint density at radius 3 is 2.74 bits per heavy atom. The molecule has 120 valence electrons. The smallest absolute Gasteiger partial charge is 0.358 e. The number of pyridine rings is 1.